The van der Waals surface area contributed by atoms with Crippen molar-refractivity contribution in [2.75, 3.05) is 6.54 Å². The van der Waals surface area contributed by atoms with Crippen molar-refractivity contribution in [1.82, 2.24) is 4.81 Å². The van der Waals surface area contributed by atoms with E-state index in [9.17, 15) is 4.79 Å². The molecule has 1 saturated carbocycles. The molecule has 2 nitrogen and oxygen atoms in total. The van der Waals surface area contributed by atoms with Crippen LogP contribution in [0.4, 0.5) is 0 Å². The highest BCUT2D eigenvalue weighted by Crippen LogP contribution is 2.43. The Balaban J connectivity index is 1.97. The van der Waals surface area contributed by atoms with E-state index < -0.39 is 0 Å². The number of hydrogen-bond acceptors (Lipinski definition) is 2. The third-order valence-electron chi connectivity index (χ3n) is 3.13. The monoisotopic (exact) mass is 150 g/mol. The highest BCUT2D eigenvalue weighted by molar-refractivity contribution is 6.64. The van der Waals surface area contributed by atoms with Gasteiger partial charge in [0.1, 0.15) is 0 Å². The van der Waals surface area contributed by atoms with E-state index in [1.807, 2.05) is 0 Å². The number of carbonyl (C=O) groups is 1. The average Bonchev–Trinajstić information content (AvgIpc) is 2.26. The summed E-state index contributed by atoms with van der Waals surface area (Å²) in [5, 5.41) is 0. The minimum absolute atomic E-state index is 0.695. The molecule has 2 aliphatic rings. The predicted molar refractivity (Wildman–Crippen MR) is 44.9 cm³/mol. The molecule has 0 aromatic heterocycles. The number of nitrogens with zero attached hydrogens (tertiary/aromatic N) is 1. The van der Waals surface area contributed by atoms with Crippen molar-refractivity contribution in [3.63, 3.8) is 0 Å². The molecule has 0 N–H and O–H groups in total. The summed E-state index contributed by atoms with van der Waals surface area (Å²) >= 11 is 0. The predicted octanol–water partition coefficient (Wildman–Crippen LogP) is 0.526. The van der Waals surface area contributed by atoms with Gasteiger partial charge in [0.2, 0.25) is 0 Å². The lowest BCUT2D eigenvalue weighted by molar-refractivity contribution is 0.125. The summed E-state index contributed by atoms with van der Waals surface area (Å²) in [5.41, 5.74) is 0. The Hall–Kier alpha value is -0.305. The first-order valence-corrected chi connectivity index (χ1v) is 4.37. The van der Waals surface area contributed by atoms with Crippen LogP contribution in [0, 0.1) is 11.8 Å². The Morgan fingerprint density at radius 1 is 1.64 bits per heavy atom. The van der Waals surface area contributed by atoms with Crippen LogP contribution in [0.2, 0.25) is 0 Å². The number of carbonyl (C=O) groups excluding carboxylic acids is 1. The zero-order chi connectivity index (χ0) is 7.84. The third kappa shape index (κ3) is 1.02. The molecule has 2 fully saturated rings. The Labute approximate surface area is 68.2 Å². The smallest absolute Gasteiger partial charge is 0.293 e. The molecule has 1 aliphatic carbocycles. The lowest BCUT2D eigenvalue weighted by Crippen LogP contribution is -2.48. The summed E-state index contributed by atoms with van der Waals surface area (Å²) in [6, 6.07) is 0.695. The molecule has 0 spiro atoms. The van der Waals surface area contributed by atoms with Gasteiger partial charge in [-0.3, -0.25) is 0 Å². The number of hydrogen-bond donors (Lipinski definition) is 0. The molecule has 59 valence electrons. The van der Waals surface area contributed by atoms with Crippen LogP contribution in [0.1, 0.15) is 19.8 Å². The summed E-state index contributed by atoms with van der Waals surface area (Å²) in [7, 11) is 1.71. The van der Waals surface area contributed by atoms with E-state index >= 15 is 0 Å². The van der Waals surface area contributed by atoms with E-state index in [-0.39, 0.29) is 0 Å². The van der Waals surface area contributed by atoms with Gasteiger partial charge in [-0.05, 0) is 31.2 Å². The summed E-state index contributed by atoms with van der Waals surface area (Å²) in [6.45, 7) is 3.37. The fourth-order valence-corrected chi connectivity index (χ4v) is 2.63. The molecule has 0 amide bonds. The SMILES string of the molecule is C[C@@H]1C[C@@H]2CCN([B]C=O)[C@@H]21. The molecule has 11 heavy (non-hydrogen) atoms. The van der Waals surface area contributed by atoms with Gasteiger partial charge in [-0.2, -0.15) is 0 Å². The molecule has 1 radical (unpaired) electrons. The van der Waals surface area contributed by atoms with Crippen LogP contribution in [0.3, 0.4) is 0 Å². The van der Waals surface area contributed by atoms with Gasteiger partial charge in [-0.25, -0.2) is 0 Å². The van der Waals surface area contributed by atoms with E-state index in [0.29, 0.717) is 6.04 Å². The van der Waals surface area contributed by atoms with E-state index in [2.05, 4.69) is 11.7 Å². The maximum absolute atomic E-state index is 10.2. The summed E-state index contributed by atoms with van der Waals surface area (Å²) in [4.78, 5) is 12.5. The maximum atomic E-state index is 10.2. The Bertz CT molecular complexity index is 173. The second-order valence-electron chi connectivity index (χ2n) is 3.78. The second-order valence-corrected chi connectivity index (χ2v) is 3.78. The molecule has 1 saturated heterocycles. The molecule has 1 heterocycles. The molecule has 0 bridgehead atoms. The zero-order valence-electron chi connectivity index (χ0n) is 6.86. The van der Waals surface area contributed by atoms with Crippen LogP contribution >= 0.6 is 0 Å². The van der Waals surface area contributed by atoms with Crippen molar-refractivity contribution in [2.24, 2.45) is 11.8 Å². The topological polar surface area (TPSA) is 20.3 Å². The van der Waals surface area contributed by atoms with Gasteiger partial charge in [0.25, 0.3) is 7.41 Å². The Morgan fingerprint density at radius 3 is 3.09 bits per heavy atom. The summed E-state index contributed by atoms with van der Waals surface area (Å²) in [6.07, 6.45) is 3.57. The van der Waals surface area contributed by atoms with Gasteiger partial charge in [-0.15, -0.1) is 0 Å². The van der Waals surface area contributed by atoms with Gasteiger partial charge in [0, 0.05) is 6.04 Å². The zero-order valence-corrected chi connectivity index (χ0v) is 6.86. The maximum Gasteiger partial charge on any atom is 0.293 e. The van der Waals surface area contributed by atoms with Crippen molar-refractivity contribution in [1.29, 1.82) is 0 Å². The lowest BCUT2D eigenvalue weighted by atomic mass is 9.70. The molecule has 3 heteroatoms. The lowest BCUT2D eigenvalue weighted by Gasteiger charge is -2.42. The molecule has 1 aliphatic heterocycles. The molecule has 0 aromatic rings. The highest BCUT2D eigenvalue weighted by Gasteiger charge is 2.45. The van der Waals surface area contributed by atoms with E-state index in [4.69, 9.17) is 0 Å². The summed E-state index contributed by atoms with van der Waals surface area (Å²) in [5.74, 6) is 1.69. The van der Waals surface area contributed by atoms with Gasteiger partial charge in [0.15, 0.2) is 0 Å². The van der Waals surface area contributed by atoms with E-state index in [0.717, 1.165) is 24.6 Å². The first kappa shape index (κ1) is 7.35. The first-order valence-electron chi connectivity index (χ1n) is 4.37. The normalized spacial score (nSPS) is 42.8. The van der Waals surface area contributed by atoms with Crippen LogP contribution < -0.4 is 0 Å². The van der Waals surface area contributed by atoms with Crippen molar-refractivity contribution in [2.45, 2.75) is 25.8 Å². The largest absolute Gasteiger partial charge is 0.337 e. The van der Waals surface area contributed by atoms with Crippen molar-refractivity contribution >= 4 is 13.6 Å². The van der Waals surface area contributed by atoms with Crippen molar-refractivity contribution in [3.05, 3.63) is 0 Å². The van der Waals surface area contributed by atoms with Crippen LogP contribution in [-0.4, -0.2) is 31.0 Å². The van der Waals surface area contributed by atoms with Crippen LogP contribution in [0.15, 0.2) is 0 Å². The second kappa shape index (κ2) is 2.63. The molecule has 2 rings (SSSR count). The van der Waals surface area contributed by atoms with E-state index in [1.54, 1.807) is 7.41 Å². The quantitative estimate of drug-likeness (QED) is 0.422. The van der Waals surface area contributed by atoms with Crippen molar-refractivity contribution in [3.8, 4) is 0 Å². The standard InChI is InChI=1S/C8H13BNO/c1-6-4-7-2-3-10(8(6)7)9-5-11/h5-8H,2-4H2,1H3/t6-,7+,8-/m1/s1. The van der Waals surface area contributed by atoms with E-state index in [1.165, 1.54) is 12.8 Å². The van der Waals surface area contributed by atoms with Crippen molar-refractivity contribution < 1.29 is 4.79 Å². The minimum Gasteiger partial charge on any atom is -0.337 e. The van der Waals surface area contributed by atoms with Gasteiger partial charge < -0.3 is 9.61 Å². The minimum atomic E-state index is 0.695. The van der Waals surface area contributed by atoms with Gasteiger partial charge in [-0.1, -0.05) is 6.92 Å². The number of fused-ring (bicyclic) bond motifs is 1. The van der Waals surface area contributed by atoms with Gasteiger partial charge in [0.05, 0.1) is 6.19 Å². The number of rotatable bonds is 2. The fraction of sp³-hybridized carbons (Fsp3) is 0.875. The summed E-state index contributed by atoms with van der Waals surface area (Å²) < 4.78 is 0. The molecule has 0 aromatic carbocycles. The fourth-order valence-electron chi connectivity index (χ4n) is 2.63. The molecular formula is C8H13BNO. The Kier molecular flexibility index (Phi) is 1.76. The molecular weight excluding hydrogens is 137 g/mol. The highest BCUT2D eigenvalue weighted by atomic mass is 16.1. The Morgan fingerprint density at radius 2 is 2.45 bits per heavy atom. The third-order valence-corrected chi connectivity index (χ3v) is 3.13. The van der Waals surface area contributed by atoms with Crippen LogP contribution in [0.5, 0.6) is 0 Å². The average molecular weight is 150 g/mol. The van der Waals surface area contributed by atoms with Crippen LogP contribution in [-0.2, 0) is 4.79 Å². The van der Waals surface area contributed by atoms with Gasteiger partial charge >= 0.3 is 0 Å². The van der Waals surface area contributed by atoms with Crippen LogP contribution in [0.25, 0.3) is 0 Å². The molecule has 3 atom stereocenters. The molecule has 0 unspecified atom stereocenters. The first-order chi connectivity index (χ1) is 5.33.